The zero-order valence-electron chi connectivity index (χ0n) is 11.3. The van der Waals surface area contributed by atoms with E-state index in [1.54, 1.807) is 0 Å². The van der Waals surface area contributed by atoms with Gasteiger partial charge in [-0.2, -0.15) is 0 Å². The summed E-state index contributed by atoms with van der Waals surface area (Å²) in [7, 11) is 0. The highest BCUT2D eigenvalue weighted by Gasteiger charge is 2.43. The van der Waals surface area contributed by atoms with Crippen LogP contribution >= 0.6 is 0 Å². The molecule has 3 unspecified atom stereocenters. The summed E-state index contributed by atoms with van der Waals surface area (Å²) in [5.74, 6) is 0.793. The highest BCUT2D eigenvalue weighted by atomic mass is 15.2. The second-order valence-electron chi connectivity index (χ2n) is 5.73. The monoisotopic (exact) mass is 244 g/mol. The Morgan fingerprint density at radius 3 is 2.89 bits per heavy atom. The van der Waals surface area contributed by atoms with Gasteiger partial charge < -0.3 is 5.32 Å². The van der Waals surface area contributed by atoms with Crippen LogP contribution in [0.2, 0.25) is 0 Å². The van der Waals surface area contributed by atoms with E-state index in [0.717, 1.165) is 12.0 Å². The van der Waals surface area contributed by atoms with E-state index in [1.807, 2.05) is 0 Å². The molecule has 2 nitrogen and oxygen atoms in total. The second kappa shape index (κ2) is 5.41. The molecule has 0 bridgehead atoms. The molecule has 2 aliphatic rings. The van der Waals surface area contributed by atoms with E-state index < -0.39 is 0 Å². The Morgan fingerprint density at radius 1 is 1.28 bits per heavy atom. The predicted octanol–water partition coefficient (Wildman–Crippen LogP) is 2.62. The smallest absolute Gasteiger partial charge is 0.0192 e. The molecule has 1 aromatic carbocycles. The van der Waals surface area contributed by atoms with Gasteiger partial charge in [0, 0.05) is 24.5 Å². The first kappa shape index (κ1) is 12.2. The van der Waals surface area contributed by atoms with Crippen LogP contribution in [0.15, 0.2) is 30.3 Å². The molecule has 0 spiro atoms. The van der Waals surface area contributed by atoms with Crippen LogP contribution in [-0.2, 0) is 0 Å². The van der Waals surface area contributed by atoms with Crippen LogP contribution in [0.3, 0.4) is 0 Å². The first-order valence-electron chi connectivity index (χ1n) is 7.41. The number of rotatable bonds is 3. The van der Waals surface area contributed by atoms with Crippen molar-refractivity contribution in [1.82, 2.24) is 10.2 Å². The van der Waals surface area contributed by atoms with E-state index in [4.69, 9.17) is 0 Å². The Bertz CT molecular complexity index is 376. The Morgan fingerprint density at radius 2 is 2.11 bits per heavy atom. The Hall–Kier alpha value is -0.860. The van der Waals surface area contributed by atoms with Crippen LogP contribution in [0.1, 0.15) is 37.7 Å². The summed E-state index contributed by atoms with van der Waals surface area (Å²) >= 11 is 0. The zero-order valence-corrected chi connectivity index (χ0v) is 11.3. The van der Waals surface area contributed by atoms with Gasteiger partial charge in [0.2, 0.25) is 0 Å². The fraction of sp³-hybridized carbons (Fsp3) is 0.625. The van der Waals surface area contributed by atoms with Crippen molar-refractivity contribution in [1.29, 1.82) is 0 Å². The minimum atomic E-state index is 0.699. The molecule has 98 valence electrons. The summed E-state index contributed by atoms with van der Waals surface area (Å²) < 4.78 is 0. The number of benzene rings is 1. The van der Waals surface area contributed by atoms with Gasteiger partial charge in [-0.25, -0.2) is 0 Å². The van der Waals surface area contributed by atoms with Gasteiger partial charge in [-0.3, -0.25) is 4.90 Å². The molecule has 1 aliphatic carbocycles. The van der Waals surface area contributed by atoms with Crippen LogP contribution in [-0.4, -0.2) is 36.6 Å². The molecular formula is C16H24N2. The second-order valence-corrected chi connectivity index (χ2v) is 5.73. The van der Waals surface area contributed by atoms with E-state index in [-0.39, 0.29) is 0 Å². The summed E-state index contributed by atoms with van der Waals surface area (Å²) in [5, 5.41) is 3.66. The maximum absolute atomic E-state index is 3.66. The molecule has 3 atom stereocenters. The van der Waals surface area contributed by atoms with Crippen molar-refractivity contribution >= 4 is 0 Å². The van der Waals surface area contributed by atoms with Gasteiger partial charge in [0.15, 0.2) is 0 Å². The summed E-state index contributed by atoms with van der Waals surface area (Å²) in [6, 6.07) is 12.5. The predicted molar refractivity (Wildman–Crippen MR) is 75.9 cm³/mol. The van der Waals surface area contributed by atoms with Crippen LogP contribution < -0.4 is 5.32 Å². The molecule has 0 amide bonds. The van der Waals surface area contributed by atoms with Gasteiger partial charge in [-0.05, 0) is 37.9 Å². The lowest BCUT2D eigenvalue weighted by Gasteiger charge is -2.24. The largest absolute Gasteiger partial charge is 0.313 e. The van der Waals surface area contributed by atoms with E-state index in [1.165, 1.54) is 44.5 Å². The van der Waals surface area contributed by atoms with Crippen molar-refractivity contribution in [3.63, 3.8) is 0 Å². The van der Waals surface area contributed by atoms with Gasteiger partial charge in [0.05, 0.1) is 0 Å². The van der Waals surface area contributed by atoms with Crippen molar-refractivity contribution in [2.24, 2.45) is 0 Å². The molecule has 2 fully saturated rings. The minimum Gasteiger partial charge on any atom is -0.313 e. The van der Waals surface area contributed by atoms with Crippen LogP contribution in [0.5, 0.6) is 0 Å². The molecule has 1 aromatic rings. The van der Waals surface area contributed by atoms with Gasteiger partial charge in [0.25, 0.3) is 0 Å². The van der Waals surface area contributed by atoms with Crippen LogP contribution in [0.25, 0.3) is 0 Å². The first-order chi connectivity index (χ1) is 8.88. The molecule has 2 heteroatoms. The van der Waals surface area contributed by atoms with Crippen molar-refractivity contribution in [2.75, 3.05) is 19.6 Å². The fourth-order valence-electron chi connectivity index (χ4n) is 3.25. The fourth-order valence-corrected chi connectivity index (χ4v) is 3.25. The van der Waals surface area contributed by atoms with E-state index in [9.17, 15) is 0 Å². The lowest BCUT2D eigenvalue weighted by atomic mass is 10.1. The van der Waals surface area contributed by atoms with Gasteiger partial charge in [-0.1, -0.05) is 37.3 Å². The topological polar surface area (TPSA) is 15.3 Å². The molecule has 0 aromatic heterocycles. The van der Waals surface area contributed by atoms with Crippen molar-refractivity contribution in [3.05, 3.63) is 35.9 Å². The molecule has 18 heavy (non-hydrogen) atoms. The van der Waals surface area contributed by atoms with Gasteiger partial charge >= 0.3 is 0 Å². The Labute approximate surface area is 110 Å². The molecule has 1 heterocycles. The third kappa shape index (κ3) is 2.60. The first-order valence-corrected chi connectivity index (χ1v) is 7.41. The van der Waals surface area contributed by atoms with Gasteiger partial charge in [-0.15, -0.1) is 0 Å². The molecular weight excluding hydrogens is 220 g/mol. The zero-order chi connectivity index (χ0) is 12.4. The molecule has 1 N–H and O–H groups in total. The number of hydrogen-bond donors (Lipinski definition) is 1. The molecule has 1 aliphatic heterocycles. The SMILES string of the molecule is CCC1CN(C2CC2c2ccccc2)CCCN1. The van der Waals surface area contributed by atoms with Crippen molar-refractivity contribution in [2.45, 2.75) is 44.2 Å². The summed E-state index contributed by atoms with van der Waals surface area (Å²) in [6.45, 7) is 6.00. The quantitative estimate of drug-likeness (QED) is 0.879. The summed E-state index contributed by atoms with van der Waals surface area (Å²) in [6.07, 6.45) is 3.91. The molecule has 3 rings (SSSR count). The highest BCUT2D eigenvalue weighted by Crippen LogP contribution is 2.44. The number of nitrogens with zero attached hydrogens (tertiary/aromatic N) is 1. The van der Waals surface area contributed by atoms with Crippen LogP contribution in [0, 0.1) is 0 Å². The lowest BCUT2D eigenvalue weighted by molar-refractivity contribution is 0.251. The standard InChI is InChI=1S/C16H24N2/c1-2-14-12-18(10-6-9-17-14)16-11-15(16)13-7-4-3-5-8-13/h3-5,7-8,14-17H,2,6,9-12H2,1H3. The van der Waals surface area contributed by atoms with Crippen molar-refractivity contribution in [3.8, 4) is 0 Å². The van der Waals surface area contributed by atoms with Crippen molar-refractivity contribution < 1.29 is 0 Å². The summed E-state index contributed by atoms with van der Waals surface area (Å²) in [4.78, 5) is 2.73. The normalized spacial score (nSPS) is 33.1. The maximum atomic E-state index is 3.66. The van der Waals surface area contributed by atoms with E-state index >= 15 is 0 Å². The lowest BCUT2D eigenvalue weighted by Crippen LogP contribution is -2.38. The third-order valence-electron chi connectivity index (χ3n) is 4.46. The Balaban J connectivity index is 1.63. The molecule has 1 saturated carbocycles. The average Bonchev–Trinajstić information content (AvgIpc) is 3.23. The van der Waals surface area contributed by atoms with Crippen LogP contribution in [0.4, 0.5) is 0 Å². The average molecular weight is 244 g/mol. The molecule has 0 radical (unpaired) electrons. The summed E-state index contributed by atoms with van der Waals surface area (Å²) in [5.41, 5.74) is 1.53. The molecule has 1 saturated heterocycles. The third-order valence-corrected chi connectivity index (χ3v) is 4.46. The highest BCUT2D eigenvalue weighted by molar-refractivity contribution is 5.27. The minimum absolute atomic E-state index is 0.699. The van der Waals surface area contributed by atoms with E-state index in [0.29, 0.717) is 6.04 Å². The number of hydrogen-bond acceptors (Lipinski definition) is 2. The Kier molecular flexibility index (Phi) is 3.67. The maximum Gasteiger partial charge on any atom is 0.0192 e. The number of nitrogens with one attached hydrogen (secondary N) is 1. The van der Waals surface area contributed by atoms with E-state index in [2.05, 4.69) is 47.5 Å². The van der Waals surface area contributed by atoms with Gasteiger partial charge in [0.1, 0.15) is 0 Å².